The predicted molar refractivity (Wildman–Crippen MR) is 117 cm³/mol. The van der Waals surface area contributed by atoms with Crippen molar-refractivity contribution in [3.8, 4) is 5.75 Å². The lowest BCUT2D eigenvalue weighted by Crippen LogP contribution is -2.33. The number of hydrogen-bond acceptors (Lipinski definition) is 5. The molecular weight excluding hydrogens is 378 g/mol. The van der Waals surface area contributed by atoms with Crippen molar-refractivity contribution in [3.63, 3.8) is 0 Å². The number of amides is 1. The number of para-hydroxylation sites is 1. The average molecular weight is 406 g/mol. The first-order valence-electron chi connectivity index (χ1n) is 9.76. The maximum Gasteiger partial charge on any atom is 0.244 e. The van der Waals surface area contributed by atoms with Gasteiger partial charge in [-0.2, -0.15) is 0 Å². The van der Waals surface area contributed by atoms with Gasteiger partial charge in [-0.05, 0) is 31.8 Å². The van der Waals surface area contributed by atoms with Crippen LogP contribution >= 0.6 is 0 Å². The van der Waals surface area contributed by atoms with Gasteiger partial charge in [0, 0.05) is 18.2 Å². The summed E-state index contributed by atoms with van der Waals surface area (Å²) >= 11 is 0. The Labute approximate surface area is 177 Å². The van der Waals surface area contributed by atoms with Crippen molar-refractivity contribution in [3.05, 3.63) is 83.7 Å². The minimum Gasteiger partial charge on any atom is -0.496 e. The van der Waals surface area contributed by atoms with Gasteiger partial charge in [0.15, 0.2) is 0 Å². The SMILES string of the molecule is COc1ccccc1C(CNC(=O)/C=C/c1cn(Cc2ccccc2)nn1)N(C)C. The second-order valence-electron chi connectivity index (χ2n) is 7.13. The van der Waals surface area contributed by atoms with Crippen LogP contribution in [-0.2, 0) is 11.3 Å². The van der Waals surface area contributed by atoms with Gasteiger partial charge >= 0.3 is 0 Å². The first-order valence-corrected chi connectivity index (χ1v) is 9.76. The molecule has 1 aromatic heterocycles. The normalized spacial score (nSPS) is 12.3. The lowest BCUT2D eigenvalue weighted by atomic mass is 10.0. The molecule has 0 spiro atoms. The molecule has 3 aromatic rings. The average Bonchev–Trinajstić information content (AvgIpc) is 3.20. The molecule has 1 atom stereocenters. The number of benzene rings is 2. The number of methoxy groups -OCH3 is 1. The van der Waals surface area contributed by atoms with Gasteiger partial charge in [0.05, 0.1) is 25.9 Å². The number of carbonyl (C=O) groups excluding carboxylic acids is 1. The van der Waals surface area contributed by atoms with Crippen LogP contribution in [0.25, 0.3) is 6.08 Å². The molecule has 7 heteroatoms. The van der Waals surface area contributed by atoms with E-state index in [0.29, 0.717) is 18.8 Å². The molecule has 2 aromatic carbocycles. The highest BCUT2D eigenvalue weighted by Crippen LogP contribution is 2.27. The summed E-state index contributed by atoms with van der Waals surface area (Å²) in [4.78, 5) is 14.4. The molecule has 0 aliphatic rings. The van der Waals surface area contributed by atoms with Crippen LogP contribution in [-0.4, -0.2) is 53.6 Å². The largest absolute Gasteiger partial charge is 0.496 e. The number of ether oxygens (including phenoxy) is 1. The number of nitrogens with zero attached hydrogens (tertiary/aromatic N) is 4. The highest BCUT2D eigenvalue weighted by Gasteiger charge is 2.18. The molecular formula is C23H27N5O2. The third-order valence-corrected chi connectivity index (χ3v) is 4.74. The van der Waals surface area contributed by atoms with Gasteiger partial charge in [-0.15, -0.1) is 5.10 Å². The molecule has 30 heavy (non-hydrogen) atoms. The van der Waals surface area contributed by atoms with E-state index in [1.165, 1.54) is 6.08 Å². The van der Waals surface area contributed by atoms with Crippen molar-refractivity contribution in [2.75, 3.05) is 27.7 Å². The van der Waals surface area contributed by atoms with E-state index in [9.17, 15) is 4.79 Å². The van der Waals surface area contributed by atoms with Crippen molar-refractivity contribution >= 4 is 12.0 Å². The zero-order chi connectivity index (χ0) is 21.3. The van der Waals surface area contributed by atoms with E-state index in [0.717, 1.165) is 16.9 Å². The minimum atomic E-state index is -0.186. The maximum absolute atomic E-state index is 12.3. The summed E-state index contributed by atoms with van der Waals surface area (Å²) in [5.41, 5.74) is 2.80. The molecule has 3 rings (SSSR count). The summed E-state index contributed by atoms with van der Waals surface area (Å²) in [6.45, 7) is 1.09. The van der Waals surface area contributed by atoms with Crippen LogP contribution in [0.2, 0.25) is 0 Å². The molecule has 1 amide bonds. The highest BCUT2D eigenvalue weighted by atomic mass is 16.5. The van der Waals surface area contributed by atoms with Crippen LogP contribution in [0.5, 0.6) is 5.75 Å². The predicted octanol–water partition coefficient (Wildman–Crippen LogP) is 2.77. The molecule has 0 bridgehead atoms. The van der Waals surface area contributed by atoms with Gasteiger partial charge in [0.1, 0.15) is 11.4 Å². The van der Waals surface area contributed by atoms with Crippen molar-refractivity contribution in [2.45, 2.75) is 12.6 Å². The molecule has 0 saturated heterocycles. The number of likely N-dealkylation sites (N-methyl/N-ethyl adjacent to an activating group) is 1. The molecule has 0 radical (unpaired) electrons. The molecule has 1 unspecified atom stereocenters. The Kier molecular flexibility index (Phi) is 7.34. The Morgan fingerprint density at radius 2 is 1.90 bits per heavy atom. The lowest BCUT2D eigenvalue weighted by Gasteiger charge is -2.26. The second-order valence-corrected chi connectivity index (χ2v) is 7.13. The fourth-order valence-corrected chi connectivity index (χ4v) is 3.17. The van der Waals surface area contributed by atoms with Crippen LogP contribution in [0.15, 0.2) is 66.9 Å². The van der Waals surface area contributed by atoms with Crippen molar-refractivity contribution < 1.29 is 9.53 Å². The third kappa shape index (κ3) is 5.78. The molecule has 156 valence electrons. The number of rotatable bonds is 9. The third-order valence-electron chi connectivity index (χ3n) is 4.74. The van der Waals surface area contributed by atoms with Gasteiger partial charge in [0.2, 0.25) is 5.91 Å². The van der Waals surface area contributed by atoms with Crippen LogP contribution in [0.4, 0.5) is 0 Å². The Hall–Kier alpha value is -3.45. The van der Waals surface area contributed by atoms with Gasteiger partial charge in [0.25, 0.3) is 0 Å². The zero-order valence-electron chi connectivity index (χ0n) is 17.5. The monoisotopic (exact) mass is 405 g/mol. The quantitative estimate of drug-likeness (QED) is 0.554. The summed E-state index contributed by atoms with van der Waals surface area (Å²) in [5.74, 6) is 0.616. The Bertz CT molecular complexity index is 982. The summed E-state index contributed by atoms with van der Waals surface area (Å²) in [7, 11) is 5.60. The van der Waals surface area contributed by atoms with Gasteiger partial charge in [-0.25, -0.2) is 4.68 Å². The van der Waals surface area contributed by atoms with Crippen LogP contribution < -0.4 is 10.1 Å². The van der Waals surface area contributed by atoms with E-state index in [4.69, 9.17) is 4.74 Å². The molecule has 0 fully saturated rings. The molecule has 0 aliphatic heterocycles. The number of nitrogens with one attached hydrogen (secondary N) is 1. The van der Waals surface area contributed by atoms with E-state index in [1.807, 2.05) is 74.9 Å². The second kappa shape index (κ2) is 10.4. The van der Waals surface area contributed by atoms with E-state index in [-0.39, 0.29) is 11.9 Å². The Morgan fingerprint density at radius 3 is 2.63 bits per heavy atom. The van der Waals surface area contributed by atoms with Gasteiger partial charge in [-0.1, -0.05) is 53.7 Å². The van der Waals surface area contributed by atoms with E-state index >= 15 is 0 Å². The molecule has 1 N–H and O–H groups in total. The van der Waals surface area contributed by atoms with Crippen LogP contribution in [0.1, 0.15) is 22.9 Å². The van der Waals surface area contributed by atoms with Crippen molar-refractivity contribution in [1.82, 2.24) is 25.2 Å². The molecule has 0 saturated carbocycles. The van der Waals surface area contributed by atoms with E-state index in [1.54, 1.807) is 17.9 Å². The lowest BCUT2D eigenvalue weighted by molar-refractivity contribution is -0.116. The molecule has 7 nitrogen and oxygen atoms in total. The summed E-state index contributed by atoms with van der Waals surface area (Å²) in [5, 5.41) is 11.2. The number of aromatic nitrogens is 3. The summed E-state index contributed by atoms with van der Waals surface area (Å²) in [6.07, 6.45) is 4.96. The minimum absolute atomic E-state index is 0.00903. The highest BCUT2D eigenvalue weighted by molar-refractivity contribution is 5.91. The first kappa shape index (κ1) is 21.3. The topological polar surface area (TPSA) is 72.3 Å². The zero-order valence-corrected chi connectivity index (χ0v) is 17.5. The summed E-state index contributed by atoms with van der Waals surface area (Å²) in [6, 6.07) is 17.9. The van der Waals surface area contributed by atoms with Crippen LogP contribution in [0.3, 0.4) is 0 Å². The number of carbonyl (C=O) groups is 1. The Morgan fingerprint density at radius 1 is 1.17 bits per heavy atom. The maximum atomic E-state index is 12.3. The number of hydrogen-bond donors (Lipinski definition) is 1. The smallest absolute Gasteiger partial charge is 0.244 e. The molecule has 1 heterocycles. The Balaban J connectivity index is 1.57. The van der Waals surface area contributed by atoms with Crippen molar-refractivity contribution in [1.29, 1.82) is 0 Å². The van der Waals surface area contributed by atoms with Gasteiger partial charge in [-0.3, -0.25) is 4.79 Å². The van der Waals surface area contributed by atoms with Crippen LogP contribution in [0, 0.1) is 0 Å². The summed E-state index contributed by atoms with van der Waals surface area (Å²) < 4.78 is 7.21. The van der Waals surface area contributed by atoms with E-state index < -0.39 is 0 Å². The van der Waals surface area contributed by atoms with Gasteiger partial charge < -0.3 is 15.0 Å². The fourth-order valence-electron chi connectivity index (χ4n) is 3.17. The van der Waals surface area contributed by atoms with E-state index in [2.05, 4.69) is 20.5 Å². The van der Waals surface area contributed by atoms with Crippen molar-refractivity contribution in [2.24, 2.45) is 0 Å². The fraction of sp³-hybridized carbons (Fsp3) is 0.261. The first-order chi connectivity index (χ1) is 14.6. The standard InChI is InChI=1S/C23H27N5O2/c1-27(2)21(20-11-7-8-12-22(20)30-3)15-24-23(29)14-13-19-17-28(26-25-19)16-18-9-5-4-6-10-18/h4-14,17,21H,15-16H2,1-3H3,(H,24,29)/b14-13+. The molecule has 0 aliphatic carbocycles.